The molecule has 234 valence electrons. The van der Waals surface area contributed by atoms with Crippen molar-refractivity contribution in [3.8, 4) is 33.4 Å². The van der Waals surface area contributed by atoms with E-state index >= 15 is 0 Å². The average molecular weight is 653 g/mol. The van der Waals surface area contributed by atoms with Gasteiger partial charge in [0.1, 0.15) is 0 Å². The number of fused-ring (bicyclic) bond motifs is 11. The zero-order valence-corrected chi connectivity index (χ0v) is 28.7. The summed E-state index contributed by atoms with van der Waals surface area (Å²) in [5.74, 6) is 0. The monoisotopic (exact) mass is 652 g/mol. The van der Waals surface area contributed by atoms with Gasteiger partial charge in [0.15, 0.2) is 0 Å². The van der Waals surface area contributed by atoms with Gasteiger partial charge in [-0.3, -0.25) is 0 Å². The molecule has 0 saturated heterocycles. The molecule has 0 N–H and O–H groups in total. The van der Waals surface area contributed by atoms with Gasteiger partial charge in [-0.25, -0.2) is 0 Å². The maximum atomic E-state index is 2.50. The summed E-state index contributed by atoms with van der Waals surface area (Å²) in [7, 11) is 0. The Bertz CT molecular complexity index is 3010. The molecule has 0 aliphatic heterocycles. The van der Waals surface area contributed by atoms with Crippen LogP contribution in [0.15, 0.2) is 158 Å². The minimum absolute atomic E-state index is 0.0867. The lowest BCUT2D eigenvalue weighted by molar-refractivity contribution is 0.661. The summed E-state index contributed by atoms with van der Waals surface area (Å²) in [5.41, 5.74) is 10.6. The van der Waals surface area contributed by atoms with Gasteiger partial charge >= 0.3 is 0 Å². The first-order valence-corrected chi connectivity index (χ1v) is 18.3. The van der Waals surface area contributed by atoms with Gasteiger partial charge in [-0.15, -0.1) is 11.3 Å². The SMILES string of the molecule is CC1(C)c2ccc(-c3c4ccccc4c(-c4ccc5ccccc5c4)c4ccccc34)cc2-c2cc3c(ccc4c5ccccc5sc34)cc21. The van der Waals surface area contributed by atoms with E-state index in [9.17, 15) is 0 Å². The quantitative estimate of drug-likeness (QED) is 0.163. The lowest BCUT2D eigenvalue weighted by Crippen LogP contribution is -2.14. The molecule has 1 aliphatic rings. The molecule has 9 aromatic carbocycles. The fourth-order valence-electron chi connectivity index (χ4n) is 9.00. The molecule has 0 radical (unpaired) electrons. The van der Waals surface area contributed by atoms with Crippen LogP contribution in [0.2, 0.25) is 0 Å². The molecule has 0 nitrogen and oxygen atoms in total. The van der Waals surface area contributed by atoms with Crippen LogP contribution in [0, 0.1) is 0 Å². The Kier molecular flexibility index (Phi) is 5.70. The summed E-state index contributed by atoms with van der Waals surface area (Å²) >= 11 is 1.92. The van der Waals surface area contributed by atoms with Crippen molar-refractivity contribution in [1.82, 2.24) is 0 Å². The van der Waals surface area contributed by atoms with Gasteiger partial charge in [-0.2, -0.15) is 0 Å². The third-order valence-electron chi connectivity index (χ3n) is 11.4. The van der Waals surface area contributed by atoms with E-state index in [1.807, 2.05) is 11.3 Å². The van der Waals surface area contributed by atoms with Crippen LogP contribution in [-0.2, 0) is 5.41 Å². The van der Waals surface area contributed by atoms with Gasteiger partial charge in [0, 0.05) is 31.0 Å². The van der Waals surface area contributed by atoms with Crippen LogP contribution in [0.25, 0.3) is 96.6 Å². The normalized spacial score (nSPS) is 13.6. The molecule has 0 fully saturated rings. The second kappa shape index (κ2) is 10.1. The van der Waals surface area contributed by atoms with Crippen molar-refractivity contribution in [1.29, 1.82) is 0 Å². The average Bonchev–Trinajstić information content (AvgIpc) is 3.64. The fourth-order valence-corrected chi connectivity index (χ4v) is 10.2. The highest BCUT2D eigenvalue weighted by Crippen LogP contribution is 2.53. The van der Waals surface area contributed by atoms with E-state index in [4.69, 9.17) is 0 Å². The standard InChI is InChI=1S/C49H32S/c1-49(2)43-24-22-33(26-41(43)42-28-40-31(27-44(42)49)21-23-39-34-13-9-10-18-45(34)50-48(39)40)47-37-16-7-5-14-35(37)46(36-15-6-8-17-38(36)47)32-20-19-29-11-3-4-12-30(29)25-32/h3-28H,1-2H3. The minimum Gasteiger partial charge on any atom is -0.135 e. The Labute approximate surface area is 294 Å². The molecule has 0 atom stereocenters. The summed E-state index contributed by atoms with van der Waals surface area (Å²) in [5, 5.41) is 13.1. The second-order valence-corrected chi connectivity index (χ2v) is 15.5. The number of rotatable bonds is 2. The molecule has 11 rings (SSSR count). The van der Waals surface area contributed by atoms with Crippen molar-refractivity contribution in [3.63, 3.8) is 0 Å². The zero-order chi connectivity index (χ0) is 33.1. The van der Waals surface area contributed by atoms with Gasteiger partial charge in [-0.05, 0) is 113 Å². The lowest BCUT2D eigenvalue weighted by atomic mass is 9.81. The van der Waals surface area contributed by atoms with E-state index in [1.54, 1.807) is 0 Å². The highest BCUT2D eigenvalue weighted by Gasteiger charge is 2.36. The van der Waals surface area contributed by atoms with Crippen molar-refractivity contribution in [3.05, 3.63) is 169 Å². The lowest BCUT2D eigenvalue weighted by Gasteiger charge is -2.22. The fraction of sp³-hybridized carbons (Fsp3) is 0.0612. The molecule has 0 spiro atoms. The summed E-state index contributed by atoms with van der Waals surface area (Å²) < 4.78 is 2.74. The van der Waals surface area contributed by atoms with Gasteiger partial charge in [-0.1, -0.05) is 141 Å². The molecule has 0 saturated carbocycles. The van der Waals surface area contributed by atoms with Gasteiger partial charge in [0.2, 0.25) is 0 Å². The molecule has 0 unspecified atom stereocenters. The van der Waals surface area contributed by atoms with Crippen LogP contribution < -0.4 is 0 Å². The summed E-state index contributed by atoms with van der Waals surface area (Å²) in [6.07, 6.45) is 0. The topological polar surface area (TPSA) is 0 Å². The second-order valence-electron chi connectivity index (χ2n) is 14.4. The Morgan fingerprint density at radius 3 is 1.66 bits per heavy atom. The maximum Gasteiger partial charge on any atom is 0.0434 e. The third kappa shape index (κ3) is 3.81. The van der Waals surface area contributed by atoms with E-state index in [0.717, 1.165) is 0 Å². The number of thiophene rings is 1. The van der Waals surface area contributed by atoms with E-state index in [2.05, 4.69) is 172 Å². The number of hydrogen-bond acceptors (Lipinski definition) is 1. The highest BCUT2D eigenvalue weighted by molar-refractivity contribution is 7.26. The Morgan fingerprint density at radius 1 is 0.380 bits per heavy atom. The molecule has 1 heteroatoms. The van der Waals surface area contributed by atoms with Crippen LogP contribution in [0.5, 0.6) is 0 Å². The first-order chi connectivity index (χ1) is 24.5. The Balaban J connectivity index is 1.18. The van der Waals surface area contributed by atoms with E-state index < -0.39 is 0 Å². The van der Waals surface area contributed by atoms with Crippen molar-refractivity contribution >= 4 is 74.6 Å². The molecule has 1 aromatic heterocycles. The minimum atomic E-state index is -0.0867. The maximum absolute atomic E-state index is 2.50. The zero-order valence-electron chi connectivity index (χ0n) is 27.9. The van der Waals surface area contributed by atoms with Crippen molar-refractivity contribution in [2.24, 2.45) is 0 Å². The van der Waals surface area contributed by atoms with Crippen molar-refractivity contribution in [2.75, 3.05) is 0 Å². The molecule has 0 amide bonds. The van der Waals surface area contributed by atoms with Crippen LogP contribution in [0.4, 0.5) is 0 Å². The Hall–Kier alpha value is -5.76. The van der Waals surface area contributed by atoms with Crippen LogP contribution in [0.3, 0.4) is 0 Å². The van der Waals surface area contributed by atoms with E-state index in [0.29, 0.717) is 0 Å². The van der Waals surface area contributed by atoms with Gasteiger partial charge in [0.05, 0.1) is 0 Å². The first-order valence-electron chi connectivity index (χ1n) is 17.5. The predicted octanol–water partition coefficient (Wildman–Crippen LogP) is 14.3. The molecular formula is C49H32S. The molecule has 1 heterocycles. The van der Waals surface area contributed by atoms with Crippen LogP contribution in [0.1, 0.15) is 25.0 Å². The van der Waals surface area contributed by atoms with Crippen molar-refractivity contribution < 1.29 is 0 Å². The predicted molar refractivity (Wildman–Crippen MR) is 218 cm³/mol. The summed E-state index contributed by atoms with van der Waals surface area (Å²) in [4.78, 5) is 0. The molecule has 10 aromatic rings. The van der Waals surface area contributed by atoms with Crippen LogP contribution >= 0.6 is 11.3 Å². The van der Waals surface area contributed by atoms with Gasteiger partial charge in [0.25, 0.3) is 0 Å². The third-order valence-corrected chi connectivity index (χ3v) is 12.6. The van der Waals surface area contributed by atoms with E-state index in [1.165, 1.54) is 108 Å². The Morgan fingerprint density at radius 2 is 0.940 bits per heavy atom. The molecular weight excluding hydrogens is 621 g/mol. The summed E-state index contributed by atoms with van der Waals surface area (Å²) in [6, 6.07) is 59.3. The smallest absolute Gasteiger partial charge is 0.0434 e. The van der Waals surface area contributed by atoms with Gasteiger partial charge < -0.3 is 0 Å². The number of benzene rings is 9. The van der Waals surface area contributed by atoms with E-state index in [-0.39, 0.29) is 5.41 Å². The highest BCUT2D eigenvalue weighted by atomic mass is 32.1. The van der Waals surface area contributed by atoms with Crippen LogP contribution in [-0.4, -0.2) is 0 Å². The summed E-state index contributed by atoms with van der Waals surface area (Å²) in [6.45, 7) is 4.79. The first kappa shape index (κ1) is 28.1. The number of hydrogen-bond donors (Lipinski definition) is 0. The molecule has 1 aliphatic carbocycles. The molecule has 50 heavy (non-hydrogen) atoms. The molecule has 0 bridgehead atoms. The largest absolute Gasteiger partial charge is 0.135 e. The van der Waals surface area contributed by atoms with Crippen molar-refractivity contribution in [2.45, 2.75) is 19.3 Å².